The number of amides is 1. The van der Waals surface area contributed by atoms with Crippen LogP contribution in [0.3, 0.4) is 0 Å². The number of sulfonamides is 1. The Bertz CT molecular complexity index is 1040. The van der Waals surface area contributed by atoms with Crippen LogP contribution in [-0.4, -0.2) is 26.9 Å². The number of carbonyl (C=O) groups excluding carboxylic acids is 2. The lowest BCUT2D eigenvalue weighted by atomic mass is 10.2. The summed E-state index contributed by atoms with van der Waals surface area (Å²) in [6.45, 7) is -0.341. The van der Waals surface area contributed by atoms with Crippen LogP contribution >= 0.6 is 11.3 Å². The molecule has 0 aliphatic carbocycles. The van der Waals surface area contributed by atoms with Crippen LogP contribution in [-0.2, 0) is 26.1 Å². The van der Waals surface area contributed by atoms with Crippen molar-refractivity contribution in [1.82, 2.24) is 5.32 Å². The fourth-order valence-corrected chi connectivity index (χ4v) is 4.29. The molecule has 0 saturated heterocycles. The van der Waals surface area contributed by atoms with Crippen molar-refractivity contribution in [2.45, 2.75) is 10.8 Å². The molecule has 2 heterocycles. The second-order valence-electron chi connectivity index (χ2n) is 5.52. The van der Waals surface area contributed by atoms with Gasteiger partial charge in [-0.1, -0.05) is 18.2 Å². The second kappa shape index (κ2) is 8.72. The second-order valence-corrected chi connectivity index (χ2v) is 8.37. The zero-order valence-electron chi connectivity index (χ0n) is 14.5. The van der Waals surface area contributed by atoms with Crippen LogP contribution in [0.2, 0.25) is 0 Å². The largest absolute Gasteiger partial charge is 0.467 e. The first-order valence-electron chi connectivity index (χ1n) is 8.07. The number of furan rings is 1. The molecule has 0 bridgehead atoms. The van der Waals surface area contributed by atoms with Crippen molar-refractivity contribution in [3.05, 3.63) is 71.5 Å². The number of carbonyl (C=O) groups is 2. The summed E-state index contributed by atoms with van der Waals surface area (Å²) in [7, 11) is -3.82. The van der Waals surface area contributed by atoms with Crippen molar-refractivity contribution < 1.29 is 27.2 Å². The van der Waals surface area contributed by atoms with Crippen molar-refractivity contribution in [2.24, 2.45) is 0 Å². The normalized spacial score (nSPS) is 11.0. The molecular weight excluding hydrogens is 404 g/mol. The third-order valence-corrected chi connectivity index (χ3v) is 6.29. The molecule has 0 unspecified atom stereocenters. The van der Waals surface area contributed by atoms with Crippen LogP contribution in [0.1, 0.15) is 16.1 Å². The Balaban J connectivity index is 1.62. The monoisotopic (exact) mass is 420 g/mol. The van der Waals surface area contributed by atoms with Gasteiger partial charge in [-0.3, -0.25) is 9.52 Å². The molecule has 0 aliphatic heterocycles. The molecule has 0 fully saturated rings. The summed E-state index contributed by atoms with van der Waals surface area (Å²) in [5, 5.41) is 4.18. The molecular formula is C18H16N2O6S2. The fraction of sp³-hybridized carbons (Fsp3) is 0.111. The number of rotatable bonds is 8. The highest BCUT2D eigenvalue weighted by Crippen LogP contribution is 2.23. The first-order chi connectivity index (χ1) is 13.5. The van der Waals surface area contributed by atoms with Crippen molar-refractivity contribution in [3.8, 4) is 0 Å². The number of hydrogen-bond acceptors (Lipinski definition) is 7. The van der Waals surface area contributed by atoms with Gasteiger partial charge in [0.05, 0.1) is 24.1 Å². The molecule has 0 spiro atoms. The van der Waals surface area contributed by atoms with Gasteiger partial charge in [0.2, 0.25) is 0 Å². The summed E-state index contributed by atoms with van der Waals surface area (Å²) < 4.78 is 37.3. The van der Waals surface area contributed by atoms with E-state index in [0.717, 1.165) is 11.3 Å². The van der Waals surface area contributed by atoms with Crippen LogP contribution in [0.25, 0.3) is 0 Å². The summed E-state index contributed by atoms with van der Waals surface area (Å²) in [4.78, 5) is 24.1. The molecule has 0 radical (unpaired) electrons. The summed E-state index contributed by atoms with van der Waals surface area (Å²) in [5.41, 5.74) is 0.0679. The van der Waals surface area contributed by atoms with Crippen LogP contribution in [0, 0.1) is 0 Å². The minimum absolute atomic E-state index is 0.00136. The molecule has 0 aliphatic rings. The Morgan fingerprint density at radius 1 is 1.07 bits per heavy atom. The number of benzene rings is 1. The Morgan fingerprint density at radius 3 is 2.61 bits per heavy atom. The van der Waals surface area contributed by atoms with Gasteiger partial charge < -0.3 is 14.5 Å². The Morgan fingerprint density at radius 2 is 1.89 bits per heavy atom. The van der Waals surface area contributed by atoms with E-state index in [9.17, 15) is 18.0 Å². The molecule has 10 heteroatoms. The summed E-state index contributed by atoms with van der Waals surface area (Å²) in [5.74, 6) is -0.771. The van der Waals surface area contributed by atoms with Crippen molar-refractivity contribution in [1.29, 1.82) is 0 Å². The van der Waals surface area contributed by atoms with Gasteiger partial charge in [0.25, 0.3) is 15.9 Å². The van der Waals surface area contributed by atoms with Gasteiger partial charge in [-0.15, -0.1) is 11.3 Å². The number of ether oxygens (including phenoxy) is 1. The maximum atomic E-state index is 12.4. The number of hydrogen-bond donors (Lipinski definition) is 2. The van der Waals surface area contributed by atoms with E-state index in [1.165, 1.54) is 24.5 Å². The van der Waals surface area contributed by atoms with Gasteiger partial charge in [-0.05, 0) is 35.7 Å². The van der Waals surface area contributed by atoms with E-state index < -0.39 is 28.5 Å². The smallest absolute Gasteiger partial charge is 0.340 e. The van der Waals surface area contributed by atoms with Gasteiger partial charge >= 0.3 is 5.97 Å². The fourth-order valence-electron chi connectivity index (χ4n) is 2.22. The lowest BCUT2D eigenvalue weighted by molar-refractivity contribution is -0.124. The highest BCUT2D eigenvalue weighted by molar-refractivity contribution is 7.94. The minimum Gasteiger partial charge on any atom is -0.467 e. The highest BCUT2D eigenvalue weighted by atomic mass is 32.2. The van der Waals surface area contributed by atoms with E-state index in [1.807, 2.05) is 0 Å². The molecule has 2 N–H and O–H groups in total. The van der Waals surface area contributed by atoms with Crippen molar-refractivity contribution >= 4 is 38.9 Å². The third kappa shape index (κ3) is 4.99. The third-order valence-electron chi connectivity index (χ3n) is 3.53. The number of anilines is 1. The summed E-state index contributed by atoms with van der Waals surface area (Å²) >= 11 is 1.05. The maximum absolute atomic E-state index is 12.4. The molecule has 3 aromatic rings. The standard InChI is InChI=1S/C18H16N2O6S2/c21-16(19-11-13-5-3-9-25-13)12-26-18(22)14-6-1-2-7-15(14)20-28(23,24)17-8-4-10-27-17/h1-10,20H,11-12H2,(H,19,21). The summed E-state index contributed by atoms with van der Waals surface area (Å²) in [6.07, 6.45) is 1.48. The molecule has 0 saturated carbocycles. The zero-order chi connectivity index (χ0) is 20.0. The van der Waals surface area contributed by atoms with Crippen molar-refractivity contribution in [3.63, 3.8) is 0 Å². The van der Waals surface area contributed by atoms with Crippen molar-refractivity contribution in [2.75, 3.05) is 11.3 Å². The van der Waals surface area contributed by atoms with E-state index in [1.54, 1.807) is 35.7 Å². The number of esters is 1. The molecule has 0 atom stereocenters. The quantitative estimate of drug-likeness (QED) is 0.542. The van der Waals surface area contributed by atoms with E-state index in [2.05, 4.69) is 10.0 Å². The molecule has 1 amide bonds. The molecule has 2 aromatic heterocycles. The van der Waals surface area contributed by atoms with E-state index in [-0.39, 0.29) is 22.0 Å². The highest BCUT2D eigenvalue weighted by Gasteiger charge is 2.20. The predicted octanol–water partition coefficient (Wildman–Crippen LogP) is 2.62. The van der Waals surface area contributed by atoms with Crippen LogP contribution in [0.15, 0.2) is 68.8 Å². The van der Waals surface area contributed by atoms with Gasteiger partial charge in [0.15, 0.2) is 6.61 Å². The van der Waals surface area contributed by atoms with Crippen LogP contribution < -0.4 is 10.0 Å². The van der Waals surface area contributed by atoms with Crippen LogP contribution in [0.5, 0.6) is 0 Å². The number of nitrogens with one attached hydrogen (secondary N) is 2. The topological polar surface area (TPSA) is 115 Å². The van der Waals surface area contributed by atoms with Gasteiger partial charge in [0.1, 0.15) is 9.97 Å². The number of para-hydroxylation sites is 1. The van der Waals surface area contributed by atoms with E-state index in [4.69, 9.17) is 9.15 Å². The predicted molar refractivity (Wildman–Crippen MR) is 102 cm³/mol. The van der Waals surface area contributed by atoms with Gasteiger partial charge in [-0.25, -0.2) is 13.2 Å². The lowest BCUT2D eigenvalue weighted by Crippen LogP contribution is -2.28. The SMILES string of the molecule is O=C(COC(=O)c1ccccc1NS(=O)(=O)c1cccs1)NCc1ccco1. The van der Waals surface area contributed by atoms with Gasteiger partial charge in [0, 0.05) is 0 Å². The first-order valence-corrected chi connectivity index (χ1v) is 10.4. The molecule has 28 heavy (non-hydrogen) atoms. The molecule has 8 nitrogen and oxygen atoms in total. The Kier molecular flexibility index (Phi) is 6.12. The zero-order valence-corrected chi connectivity index (χ0v) is 16.1. The minimum atomic E-state index is -3.82. The lowest BCUT2D eigenvalue weighted by Gasteiger charge is -2.11. The van der Waals surface area contributed by atoms with E-state index in [0.29, 0.717) is 5.76 Å². The van der Waals surface area contributed by atoms with Crippen LogP contribution in [0.4, 0.5) is 5.69 Å². The molecule has 146 valence electrons. The number of thiophene rings is 1. The molecule has 3 rings (SSSR count). The average molecular weight is 420 g/mol. The van der Waals surface area contributed by atoms with Gasteiger partial charge in [-0.2, -0.15) is 0 Å². The molecule has 1 aromatic carbocycles. The van der Waals surface area contributed by atoms with E-state index >= 15 is 0 Å². The average Bonchev–Trinajstić information content (AvgIpc) is 3.38. The first kappa shape index (κ1) is 19.6. The Hall–Kier alpha value is -3.11. The summed E-state index contributed by atoms with van der Waals surface area (Å²) in [6, 6.07) is 12.5. The Labute approximate surface area is 165 Å². The maximum Gasteiger partial charge on any atom is 0.340 e.